The predicted molar refractivity (Wildman–Crippen MR) is 79.6 cm³/mol. The van der Waals surface area contributed by atoms with Gasteiger partial charge in [-0.2, -0.15) is 0 Å². The molecule has 0 bridgehead atoms. The number of benzene rings is 1. The number of aliphatic hydroxyl groups is 1. The third-order valence-corrected chi connectivity index (χ3v) is 4.40. The molecular weight excluding hydrogens is 299 g/mol. The summed E-state index contributed by atoms with van der Waals surface area (Å²) >= 11 is 11.8. The van der Waals surface area contributed by atoms with E-state index in [0.29, 0.717) is 28.4 Å². The van der Waals surface area contributed by atoms with E-state index in [9.17, 15) is 5.11 Å². The molecular formula is C14H18Cl2N2O2. The average Bonchev–Trinajstić information content (AvgIpc) is 2.81. The highest BCUT2D eigenvalue weighted by Gasteiger charge is 2.52. The Labute approximate surface area is 128 Å². The van der Waals surface area contributed by atoms with Gasteiger partial charge >= 0.3 is 0 Å². The Morgan fingerprint density at radius 3 is 2.55 bits per heavy atom. The van der Waals surface area contributed by atoms with Gasteiger partial charge in [0.05, 0.1) is 0 Å². The molecule has 20 heavy (non-hydrogen) atoms. The topological polar surface area (TPSA) is 53.5 Å². The molecule has 2 unspecified atom stereocenters. The van der Waals surface area contributed by atoms with E-state index in [1.807, 2.05) is 0 Å². The number of fused-ring (bicyclic) bond motifs is 1. The van der Waals surface area contributed by atoms with Gasteiger partial charge in [-0.25, -0.2) is 0 Å². The Bertz CT molecular complexity index is 456. The highest BCUT2D eigenvalue weighted by Crippen LogP contribution is 2.41. The van der Waals surface area contributed by atoms with Crippen LogP contribution in [-0.2, 0) is 0 Å². The van der Waals surface area contributed by atoms with Crippen molar-refractivity contribution in [3.8, 4) is 5.75 Å². The fraction of sp³-hybridized carbons (Fsp3) is 0.571. The first-order chi connectivity index (χ1) is 9.63. The molecule has 1 aromatic rings. The van der Waals surface area contributed by atoms with Gasteiger partial charge in [0, 0.05) is 22.6 Å². The van der Waals surface area contributed by atoms with Crippen LogP contribution in [0.2, 0.25) is 10.0 Å². The van der Waals surface area contributed by atoms with Crippen LogP contribution >= 0.6 is 23.2 Å². The van der Waals surface area contributed by atoms with Crippen LogP contribution in [0.3, 0.4) is 0 Å². The largest absolute Gasteiger partial charge is 0.491 e. The summed E-state index contributed by atoms with van der Waals surface area (Å²) in [5.74, 6) is 2.07. The Kier molecular flexibility index (Phi) is 4.38. The molecule has 1 aromatic carbocycles. The zero-order valence-corrected chi connectivity index (χ0v) is 12.5. The van der Waals surface area contributed by atoms with Crippen molar-refractivity contribution in [3.63, 3.8) is 0 Å². The molecule has 2 aliphatic rings. The fourth-order valence-corrected chi connectivity index (χ4v) is 3.36. The summed E-state index contributed by atoms with van der Waals surface area (Å²) in [6, 6.07) is 5.58. The van der Waals surface area contributed by atoms with E-state index >= 15 is 0 Å². The third-order valence-electron chi connectivity index (χ3n) is 3.96. The minimum absolute atomic E-state index is 0.226. The molecule has 1 saturated carbocycles. The zero-order chi connectivity index (χ0) is 14.1. The van der Waals surface area contributed by atoms with Crippen molar-refractivity contribution in [1.82, 2.24) is 10.6 Å². The normalized spacial score (nSPS) is 29.1. The molecule has 110 valence electrons. The molecule has 1 aliphatic carbocycles. The van der Waals surface area contributed by atoms with Crippen molar-refractivity contribution in [2.24, 2.45) is 11.8 Å². The van der Waals surface area contributed by atoms with E-state index in [1.54, 1.807) is 18.2 Å². The second kappa shape index (κ2) is 6.08. The maximum Gasteiger partial charge on any atom is 0.122 e. The van der Waals surface area contributed by atoms with Crippen molar-refractivity contribution in [2.75, 3.05) is 26.2 Å². The van der Waals surface area contributed by atoms with Crippen LogP contribution in [0, 0.1) is 11.8 Å². The van der Waals surface area contributed by atoms with Gasteiger partial charge in [-0.15, -0.1) is 0 Å². The van der Waals surface area contributed by atoms with Crippen molar-refractivity contribution < 1.29 is 9.84 Å². The number of aliphatic hydroxyl groups excluding tert-OH is 1. The number of ether oxygens (including phenoxy) is 1. The maximum absolute atomic E-state index is 9.92. The molecule has 0 amide bonds. The smallest absolute Gasteiger partial charge is 0.122 e. The first kappa shape index (κ1) is 14.4. The van der Waals surface area contributed by atoms with Gasteiger partial charge in [-0.05, 0) is 43.1 Å². The van der Waals surface area contributed by atoms with Crippen molar-refractivity contribution in [2.45, 2.75) is 12.1 Å². The summed E-state index contributed by atoms with van der Waals surface area (Å²) in [7, 11) is 0. The molecule has 0 radical (unpaired) electrons. The molecule has 1 saturated heterocycles. The number of piperidine rings is 1. The molecule has 0 spiro atoms. The van der Waals surface area contributed by atoms with E-state index in [-0.39, 0.29) is 6.61 Å². The van der Waals surface area contributed by atoms with Gasteiger partial charge in [-0.1, -0.05) is 23.2 Å². The van der Waals surface area contributed by atoms with E-state index in [4.69, 9.17) is 27.9 Å². The number of halogens is 2. The van der Waals surface area contributed by atoms with E-state index in [0.717, 1.165) is 24.9 Å². The first-order valence-electron chi connectivity index (χ1n) is 6.84. The molecule has 1 heterocycles. The van der Waals surface area contributed by atoms with Crippen LogP contribution in [0.5, 0.6) is 5.75 Å². The Hall–Kier alpha value is -0.520. The molecule has 4 nitrogen and oxygen atoms in total. The van der Waals surface area contributed by atoms with E-state index in [2.05, 4.69) is 10.6 Å². The summed E-state index contributed by atoms with van der Waals surface area (Å²) in [4.78, 5) is 0. The highest BCUT2D eigenvalue weighted by atomic mass is 35.5. The van der Waals surface area contributed by atoms with Crippen molar-refractivity contribution in [3.05, 3.63) is 28.2 Å². The van der Waals surface area contributed by atoms with E-state index in [1.165, 1.54) is 0 Å². The molecule has 3 N–H and O–H groups in total. The lowest BCUT2D eigenvalue weighted by Crippen LogP contribution is -2.36. The molecule has 0 aromatic heterocycles. The van der Waals surface area contributed by atoms with Crippen molar-refractivity contribution in [1.29, 1.82) is 0 Å². The summed E-state index contributed by atoms with van der Waals surface area (Å²) in [6.45, 7) is 2.96. The van der Waals surface area contributed by atoms with Gasteiger partial charge in [0.25, 0.3) is 0 Å². The van der Waals surface area contributed by atoms with Gasteiger partial charge < -0.3 is 20.5 Å². The molecule has 6 heteroatoms. The van der Waals surface area contributed by atoms with Gasteiger partial charge in [-0.3, -0.25) is 0 Å². The molecule has 1 aliphatic heterocycles. The molecule has 4 atom stereocenters. The first-order valence-corrected chi connectivity index (χ1v) is 7.60. The third kappa shape index (κ3) is 3.38. The number of rotatable bonds is 6. The van der Waals surface area contributed by atoms with Crippen LogP contribution in [0.15, 0.2) is 18.2 Å². The lowest BCUT2D eigenvalue weighted by molar-refractivity contribution is 0.105. The highest BCUT2D eigenvalue weighted by molar-refractivity contribution is 6.34. The molecule has 2 fully saturated rings. The lowest BCUT2D eigenvalue weighted by atomic mass is 10.3. The monoisotopic (exact) mass is 316 g/mol. The second-order valence-corrected chi connectivity index (χ2v) is 6.36. The van der Waals surface area contributed by atoms with Crippen LogP contribution in [0.1, 0.15) is 0 Å². The van der Waals surface area contributed by atoms with E-state index < -0.39 is 6.10 Å². The minimum Gasteiger partial charge on any atom is -0.491 e. The van der Waals surface area contributed by atoms with Crippen LogP contribution < -0.4 is 15.4 Å². The summed E-state index contributed by atoms with van der Waals surface area (Å²) < 4.78 is 5.50. The zero-order valence-electron chi connectivity index (χ0n) is 11.0. The Morgan fingerprint density at radius 2 is 1.90 bits per heavy atom. The SMILES string of the molecule is OC(CNC1[C@H]2CNC[C@@H]12)COc1cc(Cl)cc(Cl)c1. The quantitative estimate of drug-likeness (QED) is 0.745. The van der Waals surface area contributed by atoms with Gasteiger partial charge in [0.2, 0.25) is 0 Å². The minimum atomic E-state index is -0.540. The lowest BCUT2D eigenvalue weighted by Gasteiger charge is -2.14. The Morgan fingerprint density at radius 1 is 1.25 bits per heavy atom. The number of hydrogen-bond acceptors (Lipinski definition) is 4. The van der Waals surface area contributed by atoms with Crippen molar-refractivity contribution >= 4 is 23.2 Å². The summed E-state index contributed by atoms with van der Waals surface area (Å²) in [6.07, 6.45) is -0.540. The predicted octanol–water partition coefficient (Wildman–Crippen LogP) is 1.54. The number of nitrogens with one attached hydrogen (secondary N) is 2. The van der Waals surface area contributed by atoms with Gasteiger partial charge in [0.15, 0.2) is 0 Å². The summed E-state index contributed by atoms with van der Waals surface area (Å²) in [5, 5.41) is 17.7. The standard InChI is InChI=1S/C14H18Cl2N2O2/c15-8-1-9(16)3-11(2-8)20-7-10(19)4-18-14-12-5-17-6-13(12)14/h1-3,10,12-14,17-19H,4-7H2/t10?,12-,13+,14?. The average molecular weight is 317 g/mol. The Balaban J connectivity index is 1.39. The second-order valence-electron chi connectivity index (χ2n) is 5.49. The van der Waals surface area contributed by atoms with Crippen LogP contribution in [-0.4, -0.2) is 43.5 Å². The van der Waals surface area contributed by atoms with Crippen LogP contribution in [0.4, 0.5) is 0 Å². The number of hydrogen-bond donors (Lipinski definition) is 3. The maximum atomic E-state index is 9.92. The molecule has 3 rings (SSSR count). The summed E-state index contributed by atoms with van der Waals surface area (Å²) in [5.41, 5.74) is 0. The fourth-order valence-electron chi connectivity index (χ4n) is 2.86. The van der Waals surface area contributed by atoms with Crippen LogP contribution in [0.25, 0.3) is 0 Å². The van der Waals surface area contributed by atoms with Gasteiger partial charge in [0.1, 0.15) is 18.5 Å².